The topological polar surface area (TPSA) is 76.7 Å². The molecule has 3 N–H and O–H groups in total. The molecule has 2 amide bonds. The number of allylic oxidation sites excluding steroid dienone is 1. The first kappa shape index (κ1) is 12.5. The van der Waals surface area contributed by atoms with E-state index in [1.54, 1.807) is 6.21 Å². The summed E-state index contributed by atoms with van der Waals surface area (Å²) in [6.07, 6.45) is 7.14. The fourth-order valence-corrected chi connectivity index (χ4v) is 1.61. The summed E-state index contributed by atoms with van der Waals surface area (Å²) in [4.78, 5) is 10.5. The van der Waals surface area contributed by atoms with Crippen LogP contribution < -0.4 is 11.2 Å². The molecular weight excluding hydrogens is 206 g/mol. The van der Waals surface area contributed by atoms with E-state index in [0.717, 1.165) is 25.7 Å². The third kappa shape index (κ3) is 3.25. The molecule has 0 fully saturated rings. The number of nitrogens with zero attached hydrogens (tertiary/aromatic N) is 1. The van der Waals surface area contributed by atoms with Crippen LogP contribution >= 0.6 is 0 Å². The first-order chi connectivity index (χ1) is 7.62. The second-order valence-corrected chi connectivity index (χ2v) is 3.90. The number of carbonyl (C=O) groups excluding carboxylic acids is 1. The fourth-order valence-electron chi connectivity index (χ4n) is 1.61. The molecule has 0 radical (unpaired) electrons. The molecule has 0 spiro atoms. The van der Waals surface area contributed by atoms with Crippen LogP contribution in [0.3, 0.4) is 0 Å². The molecule has 0 saturated carbocycles. The minimum absolute atomic E-state index is 0.402. The molecule has 0 aromatic carbocycles. The minimum Gasteiger partial charge on any atom is -0.489 e. The Morgan fingerprint density at radius 3 is 2.94 bits per heavy atom. The molecule has 1 heterocycles. The zero-order valence-corrected chi connectivity index (χ0v) is 9.82. The summed E-state index contributed by atoms with van der Waals surface area (Å²) in [5.74, 6) is 0. The van der Waals surface area contributed by atoms with E-state index in [4.69, 9.17) is 10.5 Å². The monoisotopic (exact) mass is 225 g/mol. The van der Waals surface area contributed by atoms with E-state index in [0.29, 0.717) is 0 Å². The standard InChI is InChI=1S/C11H19N3O2/c1-3-9-5-6-11(4-2,16-7-9)8-13-14-10(12)15/h7-8H,3-6H2,1-2H3,(H3,12,14,15). The number of hydrazone groups is 1. The molecule has 1 aliphatic rings. The highest BCUT2D eigenvalue weighted by molar-refractivity contribution is 5.75. The van der Waals surface area contributed by atoms with Crippen LogP contribution in [0.1, 0.15) is 39.5 Å². The van der Waals surface area contributed by atoms with Gasteiger partial charge in [-0.3, -0.25) is 0 Å². The van der Waals surface area contributed by atoms with Crippen LogP contribution in [-0.4, -0.2) is 17.8 Å². The Balaban J connectivity index is 2.63. The summed E-state index contributed by atoms with van der Waals surface area (Å²) >= 11 is 0. The normalized spacial score (nSPS) is 25.0. The van der Waals surface area contributed by atoms with Gasteiger partial charge in [-0.2, -0.15) is 5.10 Å². The van der Waals surface area contributed by atoms with E-state index >= 15 is 0 Å². The molecule has 5 nitrogen and oxygen atoms in total. The van der Waals surface area contributed by atoms with Crippen molar-refractivity contribution >= 4 is 12.2 Å². The van der Waals surface area contributed by atoms with Gasteiger partial charge < -0.3 is 10.5 Å². The van der Waals surface area contributed by atoms with Crippen molar-refractivity contribution in [1.82, 2.24) is 5.43 Å². The molecule has 1 unspecified atom stereocenters. The largest absolute Gasteiger partial charge is 0.489 e. The van der Waals surface area contributed by atoms with Crippen molar-refractivity contribution in [3.63, 3.8) is 0 Å². The van der Waals surface area contributed by atoms with Gasteiger partial charge in [0.15, 0.2) is 0 Å². The van der Waals surface area contributed by atoms with Crippen LogP contribution in [0, 0.1) is 0 Å². The molecule has 90 valence electrons. The first-order valence-corrected chi connectivity index (χ1v) is 5.57. The van der Waals surface area contributed by atoms with Crippen molar-refractivity contribution in [2.45, 2.75) is 45.1 Å². The third-order valence-electron chi connectivity index (χ3n) is 2.86. The number of urea groups is 1. The number of hydrogen-bond donors (Lipinski definition) is 2. The molecule has 0 bridgehead atoms. The molecular formula is C11H19N3O2. The molecule has 1 aliphatic heterocycles. The Morgan fingerprint density at radius 1 is 1.75 bits per heavy atom. The van der Waals surface area contributed by atoms with Gasteiger partial charge >= 0.3 is 6.03 Å². The summed E-state index contributed by atoms with van der Waals surface area (Å²) in [5, 5.41) is 3.78. The summed E-state index contributed by atoms with van der Waals surface area (Å²) in [5.41, 5.74) is 8.01. The number of carbonyl (C=O) groups is 1. The molecule has 0 aliphatic carbocycles. The number of primary amides is 1. The zero-order chi connectivity index (χ0) is 12.0. The van der Waals surface area contributed by atoms with Gasteiger partial charge in [0.1, 0.15) is 5.60 Å². The average molecular weight is 225 g/mol. The van der Waals surface area contributed by atoms with Crippen molar-refractivity contribution in [3.05, 3.63) is 11.8 Å². The Labute approximate surface area is 95.7 Å². The molecule has 1 rings (SSSR count). The van der Waals surface area contributed by atoms with Crippen LogP contribution in [0.4, 0.5) is 4.79 Å². The molecule has 0 aromatic heterocycles. The van der Waals surface area contributed by atoms with E-state index in [2.05, 4.69) is 17.5 Å². The van der Waals surface area contributed by atoms with Crippen molar-refractivity contribution in [2.24, 2.45) is 10.8 Å². The van der Waals surface area contributed by atoms with Crippen LogP contribution in [0.25, 0.3) is 0 Å². The highest BCUT2D eigenvalue weighted by atomic mass is 16.5. The molecule has 0 saturated heterocycles. The van der Waals surface area contributed by atoms with E-state index in [1.165, 1.54) is 5.57 Å². The zero-order valence-electron chi connectivity index (χ0n) is 9.82. The number of rotatable bonds is 4. The lowest BCUT2D eigenvalue weighted by Gasteiger charge is -2.32. The summed E-state index contributed by atoms with van der Waals surface area (Å²) in [6, 6.07) is -0.664. The quantitative estimate of drug-likeness (QED) is 0.566. The van der Waals surface area contributed by atoms with Gasteiger partial charge in [-0.25, -0.2) is 10.2 Å². The molecule has 16 heavy (non-hydrogen) atoms. The van der Waals surface area contributed by atoms with Crippen molar-refractivity contribution in [2.75, 3.05) is 0 Å². The first-order valence-electron chi connectivity index (χ1n) is 5.57. The van der Waals surface area contributed by atoms with E-state index in [1.807, 2.05) is 13.2 Å². The number of nitrogens with two attached hydrogens (primary N) is 1. The predicted molar refractivity (Wildman–Crippen MR) is 62.9 cm³/mol. The summed E-state index contributed by atoms with van der Waals surface area (Å²) < 4.78 is 5.70. The molecule has 0 aromatic rings. The number of ether oxygens (including phenoxy) is 1. The van der Waals surface area contributed by atoms with Crippen LogP contribution in [0.15, 0.2) is 16.9 Å². The number of hydrogen-bond acceptors (Lipinski definition) is 3. The van der Waals surface area contributed by atoms with E-state index < -0.39 is 11.6 Å². The van der Waals surface area contributed by atoms with Gasteiger partial charge in [-0.15, -0.1) is 0 Å². The Morgan fingerprint density at radius 2 is 2.50 bits per heavy atom. The minimum atomic E-state index is -0.664. The Hall–Kier alpha value is -1.52. The predicted octanol–water partition coefficient (Wildman–Crippen LogP) is 1.89. The number of amides is 2. The number of nitrogens with one attached hydrogen (secondary N) is 1. The maximum atomic E-state index is 10.5. The SMILES string of the molecule is CCC1=COC(C=NNC(N)=O)(CC)CC1. The van der Waals surface area contributed by atoms with Crippen LogP contribution in [-0.2, 0) is 4.74 Å². The molecule has 1 atom stereocenters. The van der Waals surface area contributed by atoms with E-state index in [9.17, 15) is 4.79 Å². The third-order valence-corrected chi connectivity index (χ3v) is 2.86. The lowest BCUT2D eigenvalue weighted by molar-refractivity contribution is 0.0641. The lowest BCUT2D eigenvalue weighted by Crippen LogP contribution is -2.36. The summed E-state index contributed by atoms with van der Waals surface area (Å²) in [6.45, 7) is 4.14. The van der Waals surface area contributed by atoms with E-state index in [-0.39, 0.29) is 0 Å². The Kier molecular flexibility index (Phi) is 4.34. The van der Waals surface area contributed by atoms with Crippen molar-refractivity contribution in [1.29, 1.82) is 0 Å². The maximum absolute atomic E-state index is 10.5. The highest BCUT2D eigenvalue weighted by Crippen LogP contribution is 2.29. The average Bonchev–Trinajstić information content (AvgIpc) is 2.29. The highest BCUT2D eigenvalue weighted by Gasteiger charge is 2.30. The van der Waals surface area contributed by atoms with Gasteiger partial charge in [-0.05, 0) is 31.3 Å². The van der Waals surface area contributed by atoms with Gasteiger partial charge in [-0.1, -0.05) is 13.8 Å². The van der Waals surface area contributed by atoms with Gasteiger partial charge in [0.2, 0.25) is 0 Å². The summed E-state index contributed by atoms with van der Waals surface area (Å²) in [7, 11) is 0. The second kappa shape index (κ2) is 5.53. The smallest absolute Gasteiger partial charge is 0.332 e. The van der Waals surface area contributed by atoms with Crippen molar-refractivity contribution < 1.29 is 9.53 Å². The second-order valence-electron chi connectivity index (χ2n) is 3.90. The van der Waals surface area contributed by atoms with Gasteiger partial charge in [0, 0.05) is 0 Å². The lowest BCUT2D eigenvalue weighted by atomic mass is 9.91. The maximum Gasteiger partial charge on any atom is 0.332 e. The van der Waals surface area contributed by atoms with Crippen LogP contribution in [0.2, 0.25) is 0 Å². The fraction of sp³-hybridized carbons (Fsp3) is 0.636. The molecule has 5 heteroatoms. The van der Waals surface area contributed by atoms with Crippen LogP contribution in [0.5, 0.6) is 0 Å². The van der Waals surface area contributed by atoms with Gasteiger partial charge in [0.25, 0.3) is 0 Å². The van der Waals surface area contributed by atoms with Gasteiger partial charge in [0.05, 0.1) is 12.5 Å². The Bertz CT molecular complexity index is 312. The van der Waals surface area contributed by atoms with Crippen molar-refractivity contribution in [3.8, 4) is 0 Å².